The summed E-state index contributed by atoms with van der Waals surface area (Å²) in [6, 6.07) is 13.2. The van der Waals surface area contributed by atoms with Crippen LogP contribution in [-0.2, 0) is 19.5 Å². The summed E-state index contributed by atoms with van der Waals surface area (Å²) in [7, 11) is 1.28. The van der Waals surface area contributed by atoms with Crippen LogP contribution in [0.3, 0.4) is 0 Å². The molecule has 5 heteroatoms. The molecule has 0 amide bonds. The fourth-order valence-corrected chi connectivity index (χ4v) is 8.00. The van der Waals surface area contributed by atoms with E-state index in [1.54, 1.807) is 7.11 Å². The molecular weight excluding hydrogens is 447 g/mol. The molecule has 0 spiro atoms. The minimum absolute atomic E-state index is 0.220. The van der Waals surface area contributed by atoms with Crippen LogP contribution in [0.1, 0.15) is 77.3 Å². The highest BCUT2D eigenvalue weighted by molar-refractivity contribution is 6.64. The van der Waals surface area contributed by atoms with Gasteiger partial charge in [0.2, 0.25) is 0 Å². The molecule has 5 aliphatic rings. The fraction of sp³-hybridized carbons (Fsp3) is 0.613. The average Bonchev–Trinajstić information content (AvgIpc) is 3.03. The predicted molar refractivity (Wildman–Crippen MR) is 145 cm³/mol. The molecule has 0 radical (unpaired) electrons. The monoisotopic (exact) mass is 488 g/mol. The third-order valence-corrected chi connectivity index (χ3v) is 9.92. The maximum Gasteiger partial charge on any atom is 0.495 e. The molecule has 4 aliphatic carbocycles. The van der Waals surface area contributed by atoms with Crippen molar-refractivity contribution in [3.05, 3.63) is 47.5 Å². The van der Waals surface area contributed by atoms with E-state index in [1.165, 1.54) is 49.7 Å². The highest BCUT2D eigenvalue weighted by Gasteiger charge is 2.54. The number of hydrogen-bond acceptors (Lipinski definition) is 4. The van der Waals surface area contributed by atoms with Gasteiger partial charge < -0.3 is 18.8 Å². The molecule has 1 heterocycles. The van der Waals surface area contributed by atoms with Gasteiger partial charge in [-0.25, -0.2) is 0 Å². The van der Waals surface area contributed by atoms with Crippen LogP contribution in [-0.4, -0.2) is 32.2 Å². The Labute approximate surface area is 217 Å². The lowest BCUT2D eigenvalue weighted by Gasteiger charge is -2.57. The summed E-state index contributed by atoms with van der Waals surface area (Å²) in [6.45, 7) is 10.9. The molecule has 0 aromatic heterocycles. The smallest absolute Gasteiger partial charge is 0.467 e. The Kier molecular flexibility index (Phi) is 5.86. The second kappa shape index (κ2) is 8.61. The number of benzene rings is 2. The SMILES string of the molecule is COCOc1c(-c2ccccc2B2OC(C)(C)C(C)(C)O2)cc(C)cc1C12CC3CC(CC(C3)C1)C2. The van der Waals surface area contributed by atoms with Crippen molar-refractivity contribution < 1.29 is 18.8 Å². The van der Waals surface area contributed by atoms with Crippen LogP contribution in [0.15, 0.2) is 36.4 Å². The van der Waals surface area contributed by atoms with E-state index in [1.807, 2.05) is 0 Å². The van der Waals surface area contributed by atoms with Crippen molar-refractivity contribution in [3.8, 4) is 16.9 Å². The average molecular weight is 488 g/mol. The molecule has 4 bridgehead atoms. The Morgan fingerprint density at radius 3 is 2.03 bits per heavy atom. The summed E-state index contributed by atoms with van der Waals surface area (Å²) >= 11 is 0. The second-order valence-electron chi connectivity index (χ2n) is 13.1. The minimum Gasteiger partial charge on any atom is -0.467 e. The van der Waals surface area contributed by atoms with Crippen LogP contribution in [0.5, 0.6) is 5.75 Å². The molecule has 0 N–H and O–H groups in total. The Hall–Kier alpha value is -1.82. The first-order chi connectivity index (χ1) is 17.1. The largest absolute Gasteiger partial charge is 0.495 e. The van der Waals surface area contributed by atoms with E-state index in [-0.39, 0.29) is 12.2 Å². The molecule has 4 nitrogen and oxygen atoms in total. The van der Waals surface area contributed by atoms with Crippen molar-refractivity contribution in [1.29, 1.82) is 0 Å². The van der Waals surface area contributed by atoms with E-state index in [0.717, 1.165) is 40.1 Å². The van der Waals surface area contributed by atoms with Gasteiger partial charge in [-0.1, -0.05) is 30.3 Å². The molecule has 2 aromatic rings. The maximum atomic E-state index is 6.51. The van der Waals surface area contributed by atoms with Crippen LogP contribution >= 0.6 is 0 Å². The standard InChI is InChI=1S/C31H41BO4/c1-20-11-25(24-9-7-8-10-27(24)32-35-29(2,3)30(4,5)36-32)28(34-19-33-6)26(12-20)31-16-21-13-22(17-31)15-23(14-21)18-31/h7-12,21-23H,13-19H2,1-6H3. The van der Waals surface area contributed by atoms with Crippen molar-refractivity contribution >= 4 is 12.6 Å². The van der Waals surface area contributed by atoms with Gasteiger partial charge in [0.25, 0.3) is 0 Å². The van der Waals surface area contributed by atoms with E-state index in [4.69, 9.17) is 18.8 Å². The molecule has 0 unspecified atom stereocenters. The molecule has 36 heavy (non-hydrogen) atoms. The predicted octanol–water partition coefficient (Wildman–Crippen LogP) is 6.41. The van der Waals surface area contributed by atoms with Gasteiger partial charge in [-0.15, -0.1) is 0 Å². The van der Waals surface area contributed by atoms with E-state index in [9.17, 15) is 0 Å². The topological polar surface area (TPSA) is 36.9 Å². The summed E-state index contributed by atoms with van der Waals surface area (Å²) in [5.74, 6) is 3.60. The van der Waals surface area contributed by atoms with E-state index in [2.05, 4.69) is 71.0 Å². The molecule has 4 saturated carbocycles. The van der Waals surface area contributed by atoms with Gasteiger partial charge in [0.05, 0.1) is 11.2 Å². The first-order valence-electron chi connectivity index (χ1n) is 13.8. The van der Waals surface area contributed by atoms with Crippen molar-refractivity contribution in [2.45, 2.75) is 89.8 Å². The first-order valence-corrected chi connectivity index (χ1v) is 13.8. The zero-order valence-corrected chi connectivity index (χ0v) is 22.9. The van der Waals surface area contributed by atoms with Gasteiger partial charge in [0, 0.05) is 18.2 Å². The summed E-state index contributed by atoms with van der Waals surface area (Å²) in [5.41, 5.74) is 5.42. The molecular formula is C31H41BO4. The molecule has 2 aromatic carbocycles. The van der Waals surface area contributed by atoms with Gasteiger partial charge >= 0.3 is 7.12 Å². The number of rotatable bonds is 6. The number of ether oxygens (including phenoxy) is 2. The van der Waals surface area contributed by atoms with Crippen LogP contribution < -0.4 is 10.2 Å². The summed E-state index contributed by atoms with van der Waals surface area (Å²) < 4.78 is 25.0. The van der Waals surface area contributed by atoms with Crippen LogP contribution in [0.4, 0.5) is 0 Å². The number of methoxy groups -OCH3 is 1. The van der Waals surface area contributed by atoms with Crippen molar-refractivity contribution in [1.82, 2.24) is 0 Å². The van der Waals surface area contributed by atoms with Crippen LogP contribution in [0, 0.1) is 24.7 Å². The fourth-order valence-electron chi connectivity index (χ4n) is 8.00. The van der Waals surface area contributed by atoms with Gasteiger partial charge in [-0.2, -0.15) is 0 Å². The molecule has 192 valence electrons. The van der Waals surface area contributed by atoms with E-state index in [0.29, 0.717) is 0 Å². The number of hydrogen-bond donors (Lipinski definition) is 0. The van der Waals surface area contributed by atoms with Crippen molar-refractivity contribution in [2.75, 3.05) is 13.9 Å². The van der Waals surface area contributed by atoms with Crippen LogP contribution in [0.25, 0.3) is 11.1 Å². The molecule has 0 atom stereocenters. The Morgan fingerprint density at radius 2 is 1.44 bits per heavy atom. The van der Waals surface area contributed by atoms with Gasteiger partial charge in [0.1, 0.15) is 5.75 Å². The third-order valence-electron chi connectivity index (χ3n) is 9.92. The lowest BCUT2D eigenvalue weighted by Crippen LogP contribution is -2.48. The summed E-state index contributed by atoms with van der Waals surface area (Å²) in [6.07, 6.45) is 8.17. The van der Waals surface area contributed by atoms with Gasteiger partial charge in [-0.05, 0) is 119 Å². The molecule has 5 fully saturated rings. The van der Waals surface area contributed by atoms with Crippen LogP contribution in [0.2, 0.25) is 0 Å². The van der Waals surface area contributed by atoms with E-state index >= 15 is 0 Å². The quantitative estimate of drug-likeness (QED) is 0.348. The van der Waals surface area contributed by atoms with E-state index < -0.39 is 18.3 Å². The highest BCUT2D eigenvalue weighted by atomic mass is 16.7. The van der Waals surface area contributed by atoms with Crippen molar-refractivity contribution in [3.63, 3.8) is 0 Å². The molecule has 7 rings (SSSR count). The lowest BCUT2D eigenvalue weighted by molar-refractivity contribution is -0.00877. The Bertz CT molecular complexity index is 1100. The first kappa shape index (κ1) is 24.5. The normalized spacial score (nSPS) is 31.7. The van der Waals surface area contributed by atoms with Crippen molar-refractivity contribution in [2.24, 2.45) is 17.8 Å². The lowest BCUT2D eigenvalue weighted by atomic mass is 9.48. The highest BCUT2D eigenvalue weighted by Crippen LogP contribution is 2.62. The maximum absolute atomic E-state index is 6.51. The zero-order valence-electron chi connectivity index (χ0n) is 22.9. The zero-order chi connectivity index (χ0) is 25.3. The van der Waals surface area contributed by atoms with Gasteiger partial charge in [0.15, 0.2) is 6.79 Å². The summed E-state index contributed by atoms with van der Waals surface area (Å²) in [5, 5.41) is 0. The Morgan fingerprint density at radius 1 is 0.861 bits per heavy atom. The second-order valence-corrected chi connectivity index (χ2v) is 13.1. The molecule has 1 saturated heterocycles. The van der Waals surface area contributed by atoms with Gasteiger partial charge in [-0.3, -0.25) is 0 Å². The Balaban J connectivity index is 1.49. The number of aryl methyl sites for hydroxylation is 1. The minimum atomic E-state index is -0.426. The summed E-state index contributed by atoms with van der Waals surface area (Å²) in [4.78, 5) is 0. The molecule has 1 aliphatic heterocycles. The third kappa shape index (κ3) is 3.94.